The highest BCUT2D eigenvalue weighted by molar-refractivity contribution is 6.53. The van der Waals surface area contributed by atoms with Crippen LogP contribution in [0.25, 0.3) is 0 Å². The number of carbonyl (C=O) groups excluding carboxylic acids is 3. The molecule has 0 bridgehead atoms. The number of pyridine rings is 1. The zero-order valence-electron chi connectivity index (χ0n) is 21.3. The molecule has 0 saturated heterocycles. The molecule has 8 nitrogen and oxygen atoms in total. The monoisotopic (exact) mass is 642 g/mol. The van der Waals surface area contributed by atoms with Crippen LogP contribution in [0.4, 0.5) is 22.1 Å². The molecule has 0 aliphatic heterocycles. The second kappa shape index (κ2) is 11.6. The van der Waals surface area contributed by atoms with Crippen molar-refractivity contribution in [2.45, 2.75) is 36.6 Å². The Kier molecular flexibility index (Phi) is 8.78. The molecule has 13 heteroatoms. The Morgan fingerprint density at radius 3 is 2.12 bits per heavy atom. The zero-order valence-corrected chi connectivity index (χ0v) is 25.1. The second-order valence-electron chi connectivity index (χ2n) is 10.0. The standard InChI is InChI=1S/C27H23Cl5N4O4/c1-26(2,3)40-25(39)36-20-6-4-5-19(34-20)35-23(37)17-12-16(7-8-18(17)30)33-24(38)22-21(27(22,31)32)13-9-14(28)11-15(29)10-13/h4-12,21-22H,1-3H3,(H,33,38)(H2,34,35,36,37,39)/t21-,22+/m0/s1. The van der Waals surface area contributed by atoms with Crippen LogP contribution < -0.4 is 16.0 Å². The maximum absolute atomic E-state index is 13.1. The van der Waals surface area contributed by atoms with E-state index in [2.05, 4.69) is 20.9 Å². The number of amides is 3. The molecule has 1 saturated carbocycles. The van der Waals surface area contributed by atoms with Crippen LogP contribution in [0, 0.1) is 5.92 Å². The molecule has 4 rings (SSSR count). The van der Waals surface area contributed by atoms with Crippen molar-refractivity contribution in [3.05, 3.63) is 80.8 Å². The highest BCUT2D eigenvalue weighted by atomic mass is 35.5. The Morgan fingerprint density at radius 1 is 0.875 bits per heavy atom. The second-order valence-corrected chi connectivity index (χ2v) is 12.7. The third-order valence-corrected chi connectivity index (χ3v) is 7.38. The Labute approximate surface area is 255 Å². The van der Waals surface area contributed by atoms with Gasteiger partial charge in [-0.15, -0.1) is 23.2 Å². The third kappa shape index (κ3) is 7.30. The van der Waals surface area contributed by atoms with Crippen molar-refractivity contribution in [1.82, 2.24) is 4.98 Å². The zero-order chi connectivity index (χ0) is 29.4. The quantitative estimate of drug-likeness (QED) is 0.235. The smallest absolute Gasteiger partial charge is 0.413 e. The molecule has 3 N–H and O–H groups in total. The third-order valence-electron chi connectivity index (χ3n) is 5.68. The fourth-order valence-corrected chi connectivity index (χ4v) is 5.56. The molecule has 1 aliphatic rings. The summed E-state index contributed by atoms with van der Waals surface area (Å²) in [5, 5.41) is 8.79. The van der Waals surface area contributed by atoms with Crippen LogP contribution in [0.5, 0.6) is 0 Å². The topological polar surface area (TPSA) is 109 Å². The number of benzene rings is 2. The molecule has 0 unspecified atom stereocenters. The predicted octanol–water partition coefficient (Wildman–Crippen LogP) is 8.17. The van der Waals surface area contributed by atoms with E-state index in [1.807, 2.05) is 0 Å². The molecule has 2 atom stereocenters. The molecule has 1 aliphatic carbocycles. The van der Waals surface area contributed by atoms with Crippen LogP contribution >= 0.6 is 58.0 Å². The predicted molar refractivity (Wildman–Crippen MR) is 159 cm³/mol. The lowest BCUT2D eigenvalue weighted by Gasteiger charge is -2.19. The first-order valence-corrected chi connectivity index (χ1v) is 13.8. The highest BCUT2D eigenvalue weighted by Gasteiger charge is 2.67. The van der Waals surface area contributed by atoms with Gasteiger partial charge in [0.15, 0.2) is 0 Å². The number of carbonyl (C=O) groups is 3. The van der Waals surface area contributed by atoms with Gasteiger partial charge in [-0.25, -0.2) is 9.78 Å². The van der Waals surface area contributed by atoms with E-state index in [9.17, 15) is 14.4 Å². The molecule has 3 amide bonds. The van der Waals surface area contributed by atoms with Crippen molar-refractivity contribution < 1.29 is 19.1 Å². The van der Waals surface area contributed by atoms with E-state index in [4.69, 9.17) is 62.7 Å². The molecule has 2 aromatic carbocycles. The minimum Gasteiger partial charge on any atom is -0.444 e. The van der Waals surface area contributed by atoms with Gasteiger partial charge in [0.1, 0.15) is 21.6 Å². The van der Waals surface area contributed by atoms with E-state index >= 15 is 0 Å². The van der Waals surface area contributed by atoms with Crippen LogP contribution in [-0.2, 0) is 9.53 Å². The number of ether oxygens (including phenoxy) is 1. The van der Waals surface area contributed by atoms with E-state index in [1.165, 1.54) is 18.2 Å². The molecule has 1 fully saturated rings. The SMILES string of the molecule is CC(C)(C)OC(=O)Nc1cccc(NC(=O)c2cc(NC(=O)[C@H]3[C@H](c4cc(Cl)cc(Cl)c4)C3(Cl)Cl)ccc2Cl)n1. The van der Waals surface area contributed by atoms with Crippen LogP contribution in [0.2, 0.25) is 15.1 Å². The van der Waals surface area contributed by atoms with E-state index in [-0.39, 0.29) is 22.2 Å². The van der Waals surface area contributed by atoms with Crippen LogP contribution in [0.1, 0.15) is 42.6 Å². The number of nitrogens with zero attached hydrogens (tertiary/aromatic N) is 1. The number of anilines is 3. The van der Waals surface area contributed by atoms with Crippen molar-refractivity contribution in [2.24, 2.45) is 5.92 Å². The summed E-state index contributed by atoms with van der Waals surface area (Å²) in [7, 11) is 0. The highest BCUT2D eigenvalue weighted by Crippen LogP contribution is 2.65. The number of rotatable bonds is 6. The lowest BCUT2D eigenvalue weighted by atomic mass is 10.1. The van der Waals surface area contributed by atoms with Crippen LogP contribution in [0.15, 0.2) is 54.6 Å². The first-order chi connectivity index (χ1) is 18.6. The summed E-state index contributed by atoms with van der Waals surface area (Å²) in [5.74, 6) is -2.05. The van der Waals surface area contributed by atoms with Crippen molar-refractivity contribution in [1.29, 1.82) is 0 Å². The summed E-state index contributed by atoms with van der Waals surface area (Å²) in [5.41, 5.74) is 0.316. The number of hydrogen-bond acceptors (Lipinski definition) is 5. The van der Waals surface area contributed by atoms with Gasteiger partial charge in [0.25, 0.3) is 5.91 Å². The van der Waals surface area contributed by atoms with Crippen molar-refractivity contribution in [2.75, 3.05) is 16.0 Å². The van der Waals surface area contributed by atoms with Gasteiger partial charge >= 0.3 is 6.09 Å². The van der Waals surface area contributed by atoms with Gasteiger partial charge in [-0.05, 0) is 74.9 Å². The molecular formula is C27H23Cl5N4O4. The lowest BCUT2D eigenvalue weighted by Crippen LogP contribution is -2.27. The Hall–Kier alpha value is -2.75. The first-order valence-electron chi connectivity index (χ1n) is 11.9. The van der Waals surface area contributed by atoms with Crippen LogP contribution in [-0.4, -0.2) is 32.8 Å². The molecule has 0 radical (unpaired) electrons. The number of hydrogen-bond donors (Lipinski definition) is 3. The molecular weight excluding hydrogens is 622 g/mol. The fourth-order valence-electron chi connectivity index (χ4n) is 3.99. The Balaban J connectivity index is 1.45. The number of nitrogens with one attached hydrogen (secondary N) is 3. The van der Waals surface area contributed by atoms with Gasteiger partial charge in [-0.1, -0.05) is 40.9 Å². The van der Waals surface area contributed by atoms with E-state index in [0.29, 0.717) is 21.3 Å². The van der Waals surface area contributed by atoms with Gasteiger partial charge in [0.05, 0.1) is 16.5 Å². The van der Waals surface area contributed by atoms with E-state index in [1.54, 1.807) is 57.2 Å². The molecule has 40 heavy (non-hydrogen) atoms. The average molecular weight is 645 g/mol. The van der Waals surface area contributed by atoms with Crippen molar-refractivity contribution in [3.8, 4) is 0 Å². The fraction of sp³-hybridized carbons (Fsp3) is 0.259. The minimum absolute atomic E-state index is 0.0729. The summed E-state index contributed by atoms with van der Waals surface area (Å²) >= 11 is 31.3. The van der Waals surface area contributed by atoms with Crippen molar-refractivity contribution >= 4 is 93.2 Å². The number of halogens is 5. The van der Waals surface area contributed by atoms with Gasteiger partial charge in [0.2, 0.25) is 5.91 Å². The Bertz CT molecular complexity index is 1470. The molecule has 210 valence electrons. The van der Waals surface area contributed by atoms with E-state index < -0.39 is 39.7 Å². The maximum atomic E-state index is 13.1. The summed E-state index contributed by atoms with van der Waals surface area (Å²) in [6.45, 7) is 5.20. The van der Waals surface area contributed by atoms with Gasteiger partial charge in [-0.3, -0.25) is 14.9 Å². The molecule has 1 heterocycles. The molecule has 1 aromatic heterocycles. The number of alkyl halides is 2. The normalized spacial score (nSPS) is 17.5. The van der Waals surface area contributed by atoms with E-state index in [0.717, 1.165) is 0 Å². The summed E-state index contributed by atoms with van der Waals surface area (Å²) < 4.78 is 3.84. The van der Waals surface area contributed by atoms with Crippen LogP contribution in [0.3, 0.4) is 0 Å². The Morgan fingerprint density at radius 2 is 1.50 bits per heavy atom. The molecule has 3 aromatic rings. The first kappa shape index (κ1) is 30.2. The summed E-state index contributed by atoms with van der Waals surface area (Å²) in [6.07, 6.45) is -0.691. The maximum Gasteiger partial charge on any atom is 0.413 e. The van der Waals surface area contributed by atoms with Crippen molar-refractivity contribution in [3.63, 3.8) is 0 Å². The largest absolute Gasteiger partial charge is 0.444 e. The minimum atomic E-state index is -1.37. The molecule has 0 spiro atoms. The average Bonchev–Trinajstić information content (AvgIpc) is 3.40. The van der Waals surface area contributed by atoms with Gasteiger partial charge in [-0.2, -0.15) is 0 Å². The van der Waals surface area contributed by atoms with Gasteiger partial charge in [0, 0.05) is 21.7 Å². The van der Waals surface area contributed by atoms with Gasteiger partial charge < -0.3 is 15.4 Å². The summed E-state index contributed by atoms with van der Waals surface area (Å²) in [6, 6.07) is 14.0. The summed E-state index contributed by atoms with van der Waals surface area (Å²) in [4.78, 5) is 42.3. The number of aromatic nitrogens is 1. The lowest BCUT2D eigenvalue weighted by molar-refractivity contribution is -0.117.